The Balaban J connectivity index is 1.61. The van der Waals surface area contributed by atoms with Crippen molar-refractivity contribution < 1.29 is 14.3 Å². The second kappa shape index (κ2) is 9.53. The summed E-state index contributed by atoms with van der Waals surface area (Å²) in [4.78, 5) is 18.8. The Morgan fingerprint density at radius 3 is 2.84 bits per heavy atom. The van der Waals surface area contributed by atoms with Gasteiger partial charge in [-0.25, -0.2) is 4.98 Å². The summed E-state index contributed by atoms with van der Waals surface area (Å²) < 4.78 is 11.9. The van der Waals surface area contributed by atoms with Crippen LogP contribution in [0.15, 0.2) is 36.5 Å². The number of carbonyl (C=O) groups is 1. The van der Waals surface area contributed by atoms with Crippen LogP contribution in [0.5, 0.6) is 5.75 Å². The first-order valence-electron chi connectivity index (χ1n) is 10.4. The molecule has 162 valence electrons. The van der Waals surface area contributed by atoms with Crippen molar-refractivity contribution in [2.45, 2.75) is 45.8 Å². The van der Waals surface area contributed by atoms with Gasteiger partial charge in [0.15, 0.2) is 0 Å². The van der Waals surface area contributed by atoms with Crippen LogP contribution in [0.4, 0.5) is 0 Å². The number of nitrogens with zero attached hydrogens (tertiary/aromatic N) is 3. The minimum atomic E-state index is -0.294. The van der Waals surface area contributed by atoms with Crippen LogP contribution in [0.25, 0.3) is 10.6 Å². The van der Waals surface area contributed by atoms with Gasteiger partial charge in [0.1, 0.15) is 17.4 Å². The molecule has 0 radical (unpaired) electrons. The smallest absolute Gasteiger partial charge is 0.255 e. The van der Waals surface area contributed by atoms with E-state index in [1.54, 1.807) is 17.4 Å². The first kappa shape index (κ1) is 21.4. The molecule has 3 aromatic rings. The van der Waals surface area contributed by atoms with E-state index in [4.69, 9.17) is 9.47 Å². The van der Waals surface area contributed by atoms with Crippen LogP contribution in [0.2, 0.25) is 0 Å². The molecule has 0 saturated carbocycles. The number of amides is 1. The average molecular weight is 439 g/mol. The third-order valence-corrected chi connectivity index (χ3v) is 6.10. The third-order valence-electron chi connectivity index (χ3n) is 5.16. The molecular weight excluding hydrogens is 412 g/mol. The minimum Gasteiger partial charge on any atom is -0.489 e. The maximum absolute atomic E-state index is 13.2. The maximum atomic E-state index is 13.2. The van der Waals surface area contributed by atoms with E-state index in [1.165, 1.54) is 0 Å². The normalized spacial score (nSPS) is 16.8. The van der Waals surface area contributed by atoms with E-state index in [1.807, 2.05) is 51.2 Å². The van der Waals surface area contributed by atoms with E-state index in [0.717, 1.165) is 40.6 Å². The Morgan fingerprint density at radius 1 is 1.29 bits per heavy atom. The Bertz CT molecular complexity index is 1050. The first-order chi connectivity index (χ1) is 15.0. The zero-order chi connectivity index (χ0) is 21.8. The van der Waals surface area contributed by atoms with Crippen LogP contribution in [0, 0.1) is 13.8 Å². The SMILES string of the molecule is Cc1ccc([C@@H](C)NC(=O)c2cccc(-c3ncc(C)s3)c2OC[C@H]2CCCO2)nn1. The molecule has 0 aliphatic carbocycles. The van der Waals surface area contributed by atoms with Gasteiger partial charge in [-0.15, -0.1) is 11.3 Å². The van der Waals surface area contributed by atoms with Gasteiger partial charge in [0, 0.05) is 17.7 Å². The van der Waals surface area contributed by atoms with Gasteiger partial charge in [0.25, 0.3) is 5.91 Å². The molecule has 0 spiro atoms. The average Bonchev–Trinajstić information content (AvgIpc) is 3.44. The van der Waals surface area contributed by atoms with Gasteiger partial charge in [-0.2, -0.15) is 10.2 Å². The molecule has 4 rings (SSSR count). The topological polar surface area (TPSA) is 86.2 Å². The van der Waals surface area contributed by atoms with E-state index in [9.17, 15) is 4.79 Å². The van der Waals surface area contributed by atoms with Gasteiger partial charge in [-0.1, -0.05) is 6.07 Å². The Kier molecular flexibility index (Phi) is 6.58. The van der Waals surface area contributed by atoms with Crippen molar-refractivity contribution in [2.75, 3.05) is 13.2 Å². The van der Waals surface area contributed by atoms with Crippen LogP contribution < -0.4 is 10.1 Å². The molecule has 2 aromatic heterocycles. The van der Waals surface area contributed by atoms with E-state index in [0.29, 0.717) is 23.6 Å². The molecule has 2 atom stereocenters. The number of para-hydroxylation sites is 1. The summed E-state index contributed by atoms with van der Waals surface area (Å²) >= 11 is 1.57. The summed E-state index contributed by atoms with van der Waals surface area (Å²) in [5.41, 5.74) is 2.81. The maximum Gasteiger partial charge on any atom is 0.255 e. The second-order valence-electron chi connectivity index (χ2n) is 7.70. The number of ether oxygens (including phenoxy) is 2. The monoisotopic (exact) mass is 438 g/mol. The number of rotatable bonds is 7. The zero-order valence-electron chi connectivity index (χ0n) is 17.9. The number of carbonyl (C=O) groups excluding carboxylic acids is 1. The zero-order valence-corrected chi connectivity index (χ0v) is 18.7. The molecule has 31 heavy (non-hydrogen) atoms. The summed E-state index contributed by atoms with van der Waals surface area (Å²) in [6, 6.07) is 9.03. The third kappa shape index (κ3) is 5.08. The van der Waals surface area contributed by atoms with Crippen LogP contribution in [-0.2, 0) is 4.74 Å². The van der Waals surface area contributed by atoms with Gasteiger partial charge in [-0.3, -0.25) is 4.79 Å². The molecule has 7 nitrogen and oxygen atoms in total. The molecule has 1 N–H and O–H groups in total. The number of thiazole rings is 1. The Hall–Kier alpha value is -2.84. The van der Waals surface area contributed by atoms with Crippen LogP contribution in [0.3, 0.4) is 0 Å². The van der Waals surface area contributed by atoms with Crippen molar-refractivity contribution in [3.05, 3.63) is 58.4 Å². The molecule has 1 saturated heterocycles. The molecular formula is C23H26N4O3S. The van der Waals surface area contributed by atoms with E-state index in [2.05, 4.69) is 20.5 Å². The number of benzene rings is 1. The summed E-state index contributed by atoms with van der Waals surface area (Å²) in [6.07, 6.45) is 3.87. The summed E-state index contributed by atoms with van der Waals surface area (Å²) in [6.45, 7) is 6.93. The van der Waals surface area contributed by atoms with E-state index >= 15 is 0 Å². The highest BCUT2D eigenvalue weighted by molar-refractivity contribution is 7.15. The number of nitrogens with one attached hydrogen (secondary N) is 1. The lowest BCUT2D eigenvalue weighted by atomic mass is 10.1. The standard InChI is InChI=1S/C23H26N4O3S/c1-14-9-10-20(27-26-14)16(3)25-22(28)18-7-4-8-19(23-24-12-15(2)31-23)21(18)30-13-17-6-5-11-29-17/h4,7-10,12,16-17H,5-6,11,13H2,1-3H3,(H,25,28)/t16-,17-/m1/s1. The number of aromatic nitrogens is 3. The second-order valence-corrected chi connectivity index (χ2v) is 8.93. The fourth-order valence-electron chi connectivity index (χ4n) is 3.46. The lowest BCUT2D eigenvalue weighted by Gasteiger charge is -2.19. The molecule has 1 aliphatic rings. The quantitative estimate of drug-likeness (QED) is 0.593. The van der Waals surface area contributed by atoms with Crippen LogP contribution in [0.1, 0.15) is 52.4 Å². The van der Waals surface area contributed by atoms with Crippen molar-refractivity contribution in [3.8, 4) is 16.3 Å². The molecule has 1 amide bonds. The molecule has 1 aromatic carbocycles. The molecule has 0 unspecified atom stereocenters. The predicted molar refractivity (Wildman–Crippen MR) is 119 cm³/mol. The number of aryl methyl sites for hydroxylation is 2. The van der Waals surface area contributed by atoms with Crippen molar-refractivity contribution in [1.82, 2.24) is 20.5 Å². The highest BCUT2D eigenvalue weighted by atomic mass is 32.1. The molecule has 1 aliphatic heterocycles. The Morgan fingerprint density at radius 2 is 2.16 bits per heavy atom. The largest absolute Gasteiger partial charge is 0.489 e. The highest BCUT2D eigenvalue weighted by Crippen LogP contribution is 2.36. The van der Waals surface area contributed by atoms with Crippen LogP contribution in [-0.4, -0.2) is 40.4 Å². The van der Waals surface area contributed by atoms with Gasteiger partial charge >= 0.3 is 0 Å². The molecule has 1 fully saturated rings. The molecule has 0 bridgehead atoms. The van der Waals surface area contributed by atoms with Gasteiger partial charge in [0.2, 0.25) is 0 Å². The fraction of sp³-hybridized carbons (Fsp3) is 0.391. The van der Waals surface area contributed by atoms with Gasteiger partial charge < -0.3 is 14.8 Å². The van der Waals surface area contributed by atoms with E-state index in [-0.39, 0.29) is 18.1 Å². The van der Waals surface area contributed by atoms with Crippen molar-refractivity contribution in [3.63, 3.8) is 0 Å². The summed E-state index contributed by atoms with van der Waals surface area (Å²) in [5.74, 6) is 0.305. The Labute approximate surface area is 185 Å². The number of hydrogen-bond acceptors (Lipinski definition) is 7. The van der Waals surface area contributed by atoms with Gasteiger partial charge in [-0.05, 0) is 57.9 Å². The predicted octanol–water partition coefficient (Wildman–Crippen LogP) is 4.27. The van der Waals surface area contributed by atoms with Gasteiger partial charge in [0.05, 0.1) is 34.7 Å². The number of hydrogen-bond donors (Lipinski definition) is 1. The van der Waals surface area contributed by atoms with Crippen LogP contribution >= 0.6 is 11.3 Å². The minimum absolute atomic E-state index is 0.0451. The van der Waals surface area contributed by atoms with E-state index < -0.39 is 0 Å². The van der Waals surface area contributed by atoms with Crippen molar-refractivity contribution in [1.29, 1.82) is 0 Å². The molecule has 8 heteroatoms. The summed E-state index contributed by atoms with van der Waals surface area (Å²) in [5, 5.41) is 12.1. The lowest BCUT2D eigenvalue weighted by molar-refractivity contribution is 0.0672. The lowest BCUT2D eigenvalue weighted by Crippen LogP contribution is -2.28. The molecule has 3 heterocycles. The van der Waals surface area contributed by atoms with Crippen molar-refractivity contribution >= 4 is 17.2 Å². The first-order valence-corrected chi connectivity index (χ1v) is 11.2. The highest BCUT2D eigenvalue weighted by Gasteiger charge is 2.23. The fourth-order valence-corrected chi connectivity index (χ4v) is 4.25. The summed E-state index contributed by atoms with van der Waals surface area (Å²) in [7, 11) is 0. The van der Waals surface area contributed by atoms with Crippen molar-refractivity contribution in [2.24, 2.45) is 0 Å².